The van der Waals surface area contributed by atoms with Gasteiger partial charge >= 0.3 is 0 Å². The minimum Gasteiger partial charge on any atom is -0.489 e. The van der Waals surface area contributed by atoms with Gasteiger partial charge in [-0.05, 0) is 18.2 Å². The molecule has 0 aliphatic carbocycles. The van der Waals surface area contributed by atoms with E-state index in [1.165, 1.54) is 12.1 Å². The molecule has 0 aromatic heterocycles. The van der Waals surface area contributed by atoms with Crippen molar-refractivity contribution < 1.29 is 9.13 Å². The van der Waals surface area contributed by atoms with Crippen LogP contribution in [0.2, 0.25) is 0 Å². The Morgan fingerprint density at radius 1 is 1.58 bits per heavy atom. The van der Waals surface area contributed by atoms with Crippen molar-refractivity contribution in [1.82, 2.24) is 0 Å². The fourth-order valence-electron chi connectivity index (χ4n) is 1.38. The Kier molecular flexibility index (Phi) is 1.93. The zero-order valence-corrected chi connectivity index (χ0v) is 7.14. The molecule has 1 aliphatic rings. The first-order chi connectivity index (χ1) is 5.79. The summed E-state index contributed by atoms with van der Waals surface area (Å²) in [5, 5.41) is 0. The topological polar surface area (TPSA) is 9.23 Å². The van der Waals surface area contributed by atoms with Gasteiger partial charge in [-0.2, -0.15) is 0 Å². The van der Waals surface area contributed by atoms with Crippen molar-refractivity contribution in [2.75, 3.05) is 5.88 Å². The molecule has 1 atom stereocenters. The van der Waals surface area contributed by atoms with Gasteiger partial charge in [-0.3, -0.25) is 0 Å². The predicted octanol–water partition coefficient (Wildman–Crippen LogP) is 2.37. The van der Waals surface area contributed by atoms with Crippen molar-refractivity contribution in [3.05, 3.63) is 29.6 Å². The summed E-state index contributed by atoms with van der Waals surface area (Å²) in [5.74, 6) is 1.01. The molecule has 0 saturated carbocycles. The third-order valence-electron chi connectivity index (χ3n) is 1.94. The van der Waals surface area contributed by atoms with Crippen LogP contribution in [0.1, 0.15) is 5.56 Å². The number of halogens is 2. The first-order valence-electron chi connectivity index (χ1n) is 3.80. The van der Waals surface area contributed by atoms with E-state index in [1.54, 1.807) is 6.07 Å². The number of ether oxygens (including phenoxy) is 1. The number of benzene rings is 1. The quantitative estimate of drug-likeness (QED) is 0.612. The zero-order valence-electron chi connectivity index (χ0n) is 6.39. The first kappa shape index (κ1) is 7.87. The van der Waals surface area contributed by atoms with Crippen molar-refractivity contribution in [3.8, 4) is 5.75 Å². The second-order valence-electron chi connectivity index (χ2n) is 2.85. The van der Waals surface area contributed by atoms with Crippen LogP contribution in [-0.2, 0) is 6.42 Å². The fourth-order valence-corrected chi connectivity index (χ4v) is 1.55. The second kappa shape index (κ2) is 2.94. The van der Waals surface area contributed by atoms with Crippen LogP contribution in [0.4, 0.5) is 4.39 Å². The standard InChI is InChI=1S/C9H8ClFO/c10-5-8-4-6-3-7(11)1-2-9(6)12-8/h1-3,8H,4-5H2. The van der Waals surface area contributed by atoms with E-state index in [2.05, 4.69) is 0 Å². The molecule has 3 heteroatoms. The Hall–Kier alpha value is -0.760. The molecule has 1 aromatic carbocycles. The predicted molar refractivity (Wildman–Crippen MR) is 45.2 cm³/mol. The van der Waals surface area contributed by atoms with Gasteiger partial charge in [0.1, 0.15) is 17.7 Å². The fraction of sp³-hybridized carbons (Fsp3) is 0.333. The van der Waals surface area contributed by atoms with Crippen LogP contribution in [0.25, 0.3) is 0 Å². The average Bonchev–Trinajstić information content (AvgIpc) is 2.46. The molecule has 1 aliphatic heterocycles. The maximum Gasteiger partial charge on any atom is 0.123 e. The molecule has 0 bridgehead atoms. The number of hydrogen-bond donors (Lipinski definition) is 0. The summed E-state index contributed by atoms with van der Waals surface area (Å²) in [7, 11) is 0. The van der Waals surface area contributed by atoms with Crippen molar-refractivity contribution in [1.29, 1.82) is 0 Å². The lowest BCUT2D eigenvalue weighted by atomic mass is 10.1. The van der Waals surface area contributed by atoms with E-state index in [9.17, 15) is 4.39 Å². The van der Waals surface area contributed by atoms with Crippen LogP contribution < -0.4 is 4.74 Å². The van der Waals surface area contributed by atoms with Crippen LogP contribution in [-0.4, -0.2) is 12.0 Å². The monoisotopic (exact) mass is 186 g/mol. The number of hydrogen-bond acceptors (Lipinski definition) is 1. The van der Waals surface area contributed by atoms with Gasteiger partial charge in [0.25, 0.3) is 0 Å². The summed E-state index contributed by atoms with van der Waals surface area (Å²) in [5.41, 5.74) is 0.917. The van der Waals surface area contributed by atoms with E-state index < -0.39 is 0 Å². The molecule has 12 heavy (non-hydrogen) atoms. The van der Waals surface area contributed by atoms with Crippen molar-refractivity contribution in [2.24, 2.45) is 0 Å². The molecule has 0 saturated heterocycles. The normalized spacial score (nSPS) is 20.3. The largest absolute Gasteiger partial charge is 0.489 e. The van der Waals surface area contributed by atoms with Gasteiger partial charge in [0.2, 0.25) is 0 Å². The Balaban J connectivity index is 2.30. The molecule has 2 rings (SSSR count). The average molecular weight is 187 g/mol. The maximum absolute atomic E-state index is 12.7. The summed E-state index contributed by atoms with van der Waals surface area (Å²) < 4.78 is 18.1. The molecular formula is C9H8ClFO. The molecule has 0 N–H and O–H groups in total. The Morgan fingerprint density at radius 3 is 3.17 bits per heavy atom. The SMILES string of the molecule is Fc1ccc2c(c1)CC(CCl)O2. The minimum atomic E-state index is -0.215. The van der Waals surface area contributed by atoms with Gasteiger partial charge in [0.15, 0.2) is 0 Å². The van der Waals surface area contributed by atoms with Gasteiger partial charge in [-0.15, -0.1) is 11.6 Å². The van der Waals surface area contributed by atoms with Crippen LogP contribution in [0.15, 0.2) is 18.2 Å². The third kappa shape index (κ3) is 1.27. The summed E-state index contributed by atoms with van der Waals surface area (Å²) in [6, 6.07) is 4.55. The van der Waals surface area contributed by atoms with Gasteiger partial charge in [-0.1, -0.05) is 0 Å². The molecular weight excluding hydrogens is 179 g/mol. The highest BCUT2D eigenvalue weighted by Crippen LogP contribution is 2.29. The molecule has 0 radical (unpaired) electrons. The Labute approximate surface area is 75.1 Å². The lowest BCUT2D eigenvalue weighted by Gasteiger charge is -2.04. The van der Waals surface area contributed by atoms with E-state index in [0.29, 0.717) is 5.88 Å². The van der Waals surface area contributed by atoms with E-state index in [-0.39, 0.29) is 11.9 Å². The van der Waals surface area contributed by atoms with Crippen LogP contribution in [0.3, 0.4) is 0 Å². The summed E-state index contributed by atoms with van der Waals surface area (Å²) >= 11 is 5.62. The number of fused-ring (bicyclic) bond motifs is 1. The summed E-state index contributed by atoms with van der Waals surface area (Å²) in [4.78, 5) is 0. The van der Waals surface area contributed by atoms with Crippen LogP contribution in [0, 0.1) is 5.82 Å². The highest BCUT2D eigenvalue weighted by atomic mass is 35.5. The molecule has 0 amide bonds. The third-order valence-corrected chi connectivity index (χ3v) is 2.28. The van der Waals surface area contributed by atoms with E-state index in [0.717, 1.165) is 17.7 Å². The molecule has 0 fully saturated rings. The lowest BCUT2D eigenvalue weighted by Crippen LogP contribution is -2.13. The lowest BCUT2D eigenvalue weighted by molar-refractivity contribution is 0.258. The molecule has 64 valence electrons. The smallest absolute Gasteiger partial charge is 0.123 e. The van der Waals surface area contributed by atoms with E-state index in [4.69, 9.17) is 16.3 Å². The van der Waals surface area contributed by atoms with Gasteiger partial charge < -0.3 is 4.74 Å². The molecule has 1 unspecified atom stereocenters. The summed E-state index contributed by atoms with van der Waals surface area (Å²) in [6.45, 7) is 0. The minimum absolute atomic E-state index is 0.0171. The second-order valence-corrected chi connectivity index (χ2v) is 3.16. The van der Waals surface area contributed by atoms with Crippen molar-refractivity contribution >= 4 is 11.6 Å². The van der Waals surface area contributed by atoms with Gasteiger partial charge in [-0.25, -0.2) is 4.39 Å². The van der Waals surface area contributed by atoms with Crippen LogP contribution in [0.5, 0.6) is 5.75 Å². The highest BCUT2D eigenvalue weighted by molar-refractivity contribution is 6.18. The zero-order chi connectivity index (χ0) is 8.55. The van der Waals surface area contributed by atoms with E-state index >= 15 is 0 Å². The van der Waals surface area contributed by atoms with Crippen molar-refractivity contribution in [2.45, 2.75) is 12.5 Å². The Bertz CT molecular complexity index is 301. The van der Waals surface area contributed by atoms with Gasteiger partial charge in [0.05, 0.1) is 5.88 Å². The summed E-state index contributed by atoms with van der Waals surface area (Å²) in [6.07, 6.45) is 0.736. The van der Waals surface area contributed by atoms with Gasteiger partial charge in [0, 0.05) is 12.0 Å². The first-order valence-corrected chi connectivity index (χ1v) is 4.34. The van der Waals surface area contributed by atoms with Crippen molar-refractivity contribution in [3.63, 3.8) is 0 Å². The molecule has 1 heterocycles. The molecule has 1 nitrogen and oxygen atoms in total. The maximum atomic E-state index is 12.7. The molecule has 0 spiro atoms. The highest BCUT2D eigenvalue weighted by Gasteiger charge is 2.21. The number of alkyl halides is 1. The number of rotatable bonds is 1. The molecule has 1 aromatic rings. The van der Waals surface area contributed by atoms with E-state index in [1.807, 2.05) is 0 Å². The Morgan fingerprint density at radius 2 is 2.42 bits per heavy atom. The van der Waals surface area contributed by atoms with Crippen LogP contribution >= 0.6 is 11.6 Å².